The molecule has 3 rings (SSSR count). The third kappa shape index (κ3) is 5.24. The second kappa shape index (κ2) is 9.38. The van der Waals surface area contributed by atoms with E-state index in [1.54, 1.807) is 36.4 Å². The molecule has 0 saturated heterocycles. The van der Waals surface area contributed by atoms with Crippen molar-refractivity contribution in [2.24, 2.45) is 0 Å². The van der Waals surface area contributed by atoms with Gasteiger partial charge in [0.05, 0.1) is 17.6 Å². The molecule has 0 amide bonds. The van der Waals surface area contributed by atoms with Crippen LogP contribution in [0.3, 0.4) is 0 Å². The van der Waals surface area contributed by atoms with Gasteiger partial charge in [0.15, 0.2) is 0 Å². The van der Waals surface area contributed by atoms with Crippen LogP contribution < -0.4 is 0 Å². The molecule has 156 valence electrons. The van der Waals surface area contributed by atoms with E-state index in [1.807, 2.05) is 0 Å². The molecule has 0 aliphatic carbocycles. The van der Waals surface area contributed by atoms with E-state index >= 15 is 0 Å². The summed E-state index contributed by atoms with van der Waals surface area (Å²) in [5.41, 5.74) is 1.69. The van der Waals surface area contributed by atoms with Crippen LogP contribution in [0.2, 0.25) is 5.02 Å². The van der Waals surface area contributed by atoms with E-state index in [4.69, 9.17) is 11.6 Å². The van der Waals surface area contributed by atoms with Gasteiger partial charge in [-0.25, -0.2) is 17.6 Å². The van der Waals surface area contributed by atoms with Crippen molar-refractivity contribution in [2.75, 3.05) is 7.11 Å². The summed E-state index contributed by atoms with van der Waals surface area (Å²) in [6.45, 7) is 0.105. The monoisotopic (exact) mass is 447 g/mol. The summed E-state index contributed by atoms with van der Waals surface area (Å²) in [5.74, 6) is -0.872. The smallest absolute Gasteiger partial charge is 0.337 e. The Morgan fingerprint density at radius 3 is 1.90 bits per heavy atom. The maximum Gasteiger partial charge on any atom is 0.337 e. The third-order valence-corrected chi connectivity index (χ3v) is 6.52. The van der Waals surface area contributed by atoms with Gasteiger partial charge < -0.3 is 4.74 Å². The van der Waals surface area contributed by atoms with Crippen molar-refractivity contribution in [3.8, 4) is 0 Å². The molecular weight excluding hydrogens is 429 g/mol. The standard InChI is InChI=1S/C22H19ClFNO4S/c1-29-22(26)18-6-2-16(3-7-18)14-25(15-17-4-10-20(24)11-5-17)30(27,28)21-12-8-19(23)9-13-21/h2-13H,14-15H2,1H3. The molecule has 0 atom stereocenters. The lowest BCUT2D eigenvalue weighted by Crippen LogP contribution is -2.30. The van der Waals surface area contributed by atoms with Gasteiger partial charge in [0.2, 0.25) is 10.0 Å². The molecule has 8 heteroatoms. The van der Waals surface area contributed by atoms with Gasteiger partial charge in [0.1, 0.15) is 5.82 Å². The van der Waals surface area contributed by atoms with Gasteiger partial charge in [-0.15, -0.1) is 0 Å². The van der Waals surface area contributed by atoms with Crippen LogP contribution in [0, 0.1) is 5.82 Å². The number of sulfonamides is 1. The average molecular weight is 448 g/mol. The Bertz CT molecular complexity index is 1120. The van der Waals surface area contributed by atoms with Gasteiger partial charge >= 0.3 is 5.97 Å². The number of hydrogen-bond donors (Lipinski definition) is 0. The highest BCUT2D eigenvalue weighted by atomic mass is 35.5. The minimum absolute atomic E-state index is 0.0456. The molecule has 3 aromatic rings. The fraction of sp³-hybridized carbons (Fsp3) is 0.136. The zero-order valence-corrected chi connectivity index (χ0v) is 17.7. The summed E-state index contributed by atoms with van der Waals surface area (Å²) < 4.78 is 45.8. The molecule has 0 saturated carbocycles. The number of ether oxygens (including phenoxy) is 1. The number of methoxy groups -OCH3 is 1. The first-order valence-corrected chi connectivity index (χ1v) is 10.8. The molecule has 3 aromatic carbocycles. The lowest BCUT2D eigenvalue weighted by atomic mass is 10.1. The molecule has 0 unspecified atom stereocenters. The molecule has 0 bridgehead atoms. The Hall–Kier alpha value is -2.74. The number of carbonyl (C=O) groups is 1. The zero-order chi connectivity index (χ0) is 21.7. The Balaban J connectivity index is 1.93. The number of nitrogens with zero attached hydrogens (tertiary/aromatic N) is 1. The maximum absolute atomic E-state index is 13.3. The first kappa shape index (κ1) is 22.0. The number of rotatable bonds is 7. The van der Waals surface area contributed by atoms with Gasteiger partial charge in [-0.05, 0) is 59.7 Å². The summed E-state index contributed by atoms with van der Waals surface area (Å²) in [4.78, 5) is 11.7. The minimum atomic E-state index is -3.87. The van der Waals surface area contributed by atoms with Crippen LogP contribution in [0.5, 0.6) is 0 Å². The first-order valence-electron chi connectivity index (χ1n) is 8.97. The summed E-state index contributed by atoms with van der Waals surface area (Å²) in [7, 11) is -2.58. The van der Waals surface area contributed by atoms with E-state index in [2.05, 4.69) is 4.74 Å². The van der Waals surface area contributed by atoms with Crippen LogP contribution in [0.1, 0.15) is 21.5 Å². The Kier molecular flexibility index (Phi) is 6.87. The molecule has 0 heterocycles. The van der Waals surface area contributed by atoms with Crippen LogP contribution >= 0.6 is 11.6 Å². The predicted octanol–water partition coefficient (Wildman–Crippen LogP) is 4.66. The summed E-state index contributed by atoms with van der Waals surface area (Å²) in [6.07, 6.45) is 0. The highest BCUT2D eigenvalue weighted by molar-refractivity contribution is 7.89. The molecule has 30 heavy (non-hydrogen) atoms. The lowest BCUT2D eigenvalue weighted by Gasteiger charge is -2.23. The van der Waals surface area contributed by atoms with E-state index in [0.29, 0.717) is 21.7 Å². The van der Waals surface area contributed by atoms with E-state index in [1.165, 1.54) is 47.8 Å². The molecule has 5 nitrogen and oxygen atoms in total. The Morgan fingerprint density at radius 2 is 1.40 bits per heavy atom. The van der Waals surface area contributed by atoms with Crippen molar-refractivity contribution in [1.82, 2.24) is 4.31 Å². The molecule has 0 radical (unpaired) electrons. The fourth-order valence-corrected chi connectivity index (χ4v) is 4.38. The maximum atomic E-state index is 13.3. The van der Waals surface area contributed by atoms with Crippen LogP contribution in [0.15, 0.2) is 77.7 Å². The topological polar surface area (TPSA) is 63.7 Å². The van der Waals surface area contributed by atoms with Crippen LogP contribution in [-0.2, 0) is 27.8 Å². The van der Waals surface area contributed by atoms with Crippen molar-refractivity contribution >= 4 is 27.6 Å². The zero-order valence-electron chi connectivity index (χ0n) is 16.1. The van der Waals surface area contributed by atoms with Gasteiger partial charge in [-0.2, -0.15) is 4.31 Å². The number of esters is 1. The molecule has 0 aliphatic heterocycles. The normalized spacial score (nSPS) is 11.5. The number of hydrogen-bond acceptors (Lipinski definition) is 4. The molecule has 0 aliphatic rings. The Morgan fingerprint density at radius 1 is 0.900 bits per heavy atom. The molecule has 0 aromatic heterocycles. The largest absolute Gasteiger partial charge is 0.465 e. The quantitative estimate of drug-likeness (QED) is 0.494. The summed E-state index contributed by atoms with van der Waals surface area (Å²) in [6, 6.07) is 18.0. The molecule has 0 fully saturated rings. The van der Waals surface area contributed by atoms with Crippen molar-refractivity contribution in [3.05, 3.63) is 100 Å². The lowest BCUT2D eigenvalue weighted by molar-refractivity contribution is 0.0600. The van der Waals surface area contributed by atoms with Crippen molar-refractivity contribution < 1.29 is 22.3 Å². The minimum Gasteiger partial charge on any atom is -0.465 e. The predicted molar refractivity (Wildman–Crippen MR) is 112 cm³/mol. The van der Waals surface area contributed by atoms with E-state index in [0.717, 1.165) is 0 Å². The van der Waals surface area contributed by atoms with Crippen molar-refractivity contribution in [3.63, 3.8) is 0 Å². The first-order chi connectivity index (χ1) is 14.3. The van der Waals surface area contributed by atoms with Crippen molar-refractivity contribution in [2.45, 2.75) is 18.0 Å². The fourth-order valence-electron chi connectivity index (χ4n) is 2.84. The van der Waals surface area contributed by atoms with Crippen LogP contribution in [0.25, 0.3) is 0 Å². The number of carbonyl (C=O) groups excluding carboxylic acids is 1. The molecule has 0 spiro atoms. The van der Waals surface area contributed by atoms with Gasteiger partial charge in [-0.3, -0.25) is 0 Å². The van der Waals surface area contributed by atoms with E-state index in [-0.39, 0.29) is 18.0 Å². The second-order valence-corrected chi connectivity index (χ2v) is 8.92. The number of halogens is 2. The van der Waals surface area contributed by atoms with Crippen molar-refractivity contribution in [1.29, 1.82) is 0 Å². The van der Waals surface area contributed by atoms with E-state index in [9.17, 15) is 17.6 Å². The average Bonchev–Trinajstić information content (AvgIpc) is 2.75. The third-order valence-electron chi connectivity index (χ3n) is 4.46. The summed E-state index contributed by atoms with van der Waals surface area (Å²) in [5, 5.41) is 0.428. The highest BCUT2D eigenvalue weighted by Gasteiger charge is 2.25. The van der Waals surface area contributed by atoms with Crippen LogP contribution in [0.4, 0.5) is 4.39 Å². The Labute approximate surface area is 179 Å². The van der Waals surface area contributed by atoms with Gasteiger partial charge in [0, 0.05) is 18.1 Å². The molecule has 0 N–H and O–H groups in total. The van der Waals surface area contributed by atoms with E-state index < -0.39 is 21.8 Å². The van der Waals surface area contributed by atoms with Gasteiger partial charge in [-0.1, -0.05) is 35.9 Å². The summed E-state index contributed by atoms with van der Waals surface area (Å²) >= 11 is 5.89. The highest BCUT2D eigenvalue weighted by Crippen LogP contribution is 2.23. The number of benzene rings is 3. The van der Waals surface area contributed by atoms with Crippen LogP contribution in [-0.4, -0.2) is 25.8 Å². The molecular formula is C22H19ClFNO4S. The van der Waals surface area contributed by atoms with Gasteiger partial charge in [0.25, 0.3) is 0 Å². The second-order valence-electron chi connectivity index (χ2n) is 6.54. The SMILES string of the molecule is COC(=O)c1ccc(CN(Cc2ccc(F)cc2)S(=O)(=O)c2ccc(Cl)cc2)cc1.